The van der Waals surface area contributed by atoms with Gasteiger partial charge in [0.15, 0.2) is 0 Å². The maximum Gasteiger partial charge on any atom is 0.233 e. The molecular weight excluding hydrogens is 288 g/mol. The van der Waals surface area contributed by atoms with E-state index < -0.39 is 0 Å². The standard InChI is InChI=1S/C16H23ClN2O2/c17-12-5-6-13-14(11-12)16(21)19(15(13)20)10-4-9-18-7-2-1-3-8-18/h5,13-14H,1-4,6-11H2/p+1. The van der Waals surface area contributed by atoms with Crippen LogP contribution in [0.5, 0.6) is 0 Å². The number of nitrogens with zero attached hydrogens (tertiary/aromatic N) is 1. The third-order valence-electron chi connectivity index (χ3n) is 5.13. The number of fused-ring (bicyclic) bond motifs is 1. The number of hydrogen-bond donors (Lipinski definition) is 1. The molecule has 0 aromatic rings. The molecule has 2 amide bonds. The highest BCUT2D eigenvalue weighted by Crippen LogP contribution is 2.38. The van der Waals surface area contributed by atoms with Gasteiger partial charge in [0.05, 0.1) is 31.5 Å². The minimum Gasteiger partial charge on any atom is -0.335 e. The SMILES string of the molecule is O=C1C2CC=C(Cl)CC2C(=O)N1CCC[NH+]1CCCCC1. The Morgan fingerprint density at radius 2 is 1.86 bits per heavy atom. The maximum absolute atomic E-state index is 12.4. The van der Waals surface area contributed by atoms with Crippen LogP contribution >= 0.6 is 11.6 Å². The van der Waals surface area contributed by atoms with Crippen molar-refractivity contribution in [3.8, 4) is 0 Å². The minimum absolute atomic E-state index is 0.00453. The molecule has 5 heteroatoms. The van der Waals surface area contributed by atoms with Gasteiger partial charge in [-0.1, -0.05) is 17.7 Å². The zero-order valence-corrected chi connectivity index (χ0v) is 13.2. The molecule has 2 atom stereocenters. The number of hydrogen-bond acceptors (Lipinski definition) is 2. The van der Waals surface area contributed by atoms with Crippen LogP contribution in [0.25, 0.3) is 0 Å². The monoisotopic (exact) mass is 311 g/mol. The number of quaternary nitrogens is 1. The largest absolute Gasteiger partial charge is 0.335 e. The lowest BCUT2D eigenvalue weighted by atomic mass is 9.85. The second-order valence-corrected chi connectivity index (χ2v) is 7.03. The van der Waals surface area contributed by atoms with Crippen LogP contribution in [0, 0.1) is 11.8 Å². The Kier molecular flexibility index (Phi) is 4.65. The lowest BCUT2D eigenvalue weighted by molar-refractivity contribution is -0.905. The third kappa shape index (κ3) is 3.16. The van der Waals surface area contributed by atoms with Gasteiger partial charge in [-0.3, -0.25) is 14.5 Å². The Balaban J connectivity index is 1.52. The third-order valence-corrected chi connectivity index (χ3v) is 5.44. The van der Waals surface area contributed by atoms with E-state index in [0.717, 1.165) is 18.0 Å². The first-order valence-electron chi connectivity index (χ1n) is 8.20. The molecule has 0 radical (unpaired) electrons. The number of nitrogens with one attached hydrogen (secondary N) is 1. The predicted molar refractivity (Wildman–Crippen MR) is 80.9 cm³/mol. The highest BCUT2D eigenvalue weighted by atomic mass is 35.5. The predicted octanol–water partition coefficient (Wildman–Crippen LogP) is 0.963. The number of carbonyl (C=O) groups is 2. The molecule has 3 aliphatic rings. The fraction of sp³-hybridized carbons (Fsp3) is 0.750. The molecular formula is C16H24ClN2O2+. The van der Waals surface area contributed by atoms with E-state index in [1.54, 1.807) is 4.90 Å². The second kappa shape index (κ2) is 6.49. The Labute approximate surface area is 131 Å². The molecule has 1 aliphatic carbocycles. The van der Waals surface area contributed by atoms with Gasteiger partial charge in [0.1, 0.15) is 0 Å². The van der Waals surface area contributed by atoms with Crippen LogP contribution in [0.4, 0.5) is 0 Å². The van der Waals surface area contributed by atoms with E-state index in [1.165, 1.54) is 37.3 Å². The summed E-state index contributed by atoms with van der Waals surface area (Å²) < 4.78 is 0. The average molecular weight is 312 g/mol. The summed E-state index contributed by atoms with van der Waals surface area (Å²) in [5.41, 5.74) is 0. The van der Waals surface area contributed by atoms with Crippen molar-refractivity contribution in [3.63, 3.8) is 0 Å². The zero-order chi connectivity index (χ0) is 14.8. The summed E-state index contributed by atoms with van der Waals surface area (Å²) >= 11 is 6.03. The van der Waals surface area contributed by atoms with Crippen LogP contribution in [0.2, 0.25) is 0 Å². The summed E-state index contributed by atoms with van der Waals surface area (Å²) in [6.07, 6.45) is 7.97. The highest BCUT2D eigenvalue weighted by molar-refractivity contribution is 6.30. The molecule has 0 spiro atoms. The van der Waals surface area contributed by atoms with Crippen molar-refractivity contribution in [1.82, 2.24) is 4.90 Å². The van der Waals surface area contributed by atoms with Gasteiger partial charge in [0.25, 0.3) is 0 Å². The Hall–Kier alpha value is -0.870. The Morgan fingerprint density at radius 1 is 1.14 bits per heavy atom. The van der Waals surface area contributed by atoms with Gasteiger partial charge < -0.3 is 4.90 Å². The Bertz CT molecular complexity index is 457. The molecule has 2 heterocycles. The van der Waals surface area contributed by atoms with Gasteiger partial charge in [-0.2, -0.15) is 0 Å². The van der Waals surface area contributed by atoms with Crippen molar-refractivity contribution in [1.29, 1.82) is 0 Å². The van der Waals surface area contributed by atoms with E-state index in [2.05, 4.69) is 0 Å². The number of piperidine rings is 1. The van der Waals surface area contributed by atoms with Crippen LogP contribution < -0.4 is 4.90 Å². The number of likely N-dealkylation sites (tertiary alicyclic amines) is 2. The van der Waals surface area contributed by atoms with Gasteiger partial charge in [0, 0.05) is 18.0 Å². The first-order valence-corrected chi connectivity index (χ1v) is 8.58. The first kappa shape index (κ1) is 15.0. The van der Waals surface area contributed by atoms with E-state index in [9.17, 15) is 9.59 Å². The average Bonchev–Trinajstić information content (AvgIpc) is 2.73. The molecule has 3 rings (SSSR count). The van der Waals surface area contributed by atoms with Gasteiger partial charge >= 0.3 is 0 Å². The molecule has 0 aromatic carbocycles. The van der Waals surface area contributed by atoms with Crippen LogP contribution in [-0.4, -0.2) is 42.9 Å². The maximum atomic E-state index is 12.4. The quantitative estimate of drug-likeness (QED) is 0.786. The van der Waals surface area contributed by atoms with Crippen LogP contribution in [0.1, 0.15) is 38.5 Å². The van der Waals surface area contributed by atoms with Crippen molar-refractivity contribution >= 4 is 23.4 Å². The fourth-order valence-electron chi connectivity index (χ4n) is 3.91. The molecule has 2 unspecified atom stereocenters. The van der Waals surface area contributed by atoms with Crippen molar-refractivity contribution in [3.05, 3.63) is 11.1 Å². The lowest BCUT2D eigenvalue weighted by Gasteiger charge is -2.24. The number of amides is 2. The summed E-state index contributed by atoms with van der Waals surface area (Å²) in [6, 6.07) is 0. The number of carbonyl (C=O) groups excluding carboxylic acids is 2. The van der Waals surface area contributed by atoms with E-state index in [0.29, 0.717) is 19.4 Å². The number of halogens is 1. The Morgan fingerprint density at radius 3 is 2.62 bits per heavy atom. The summed E-state index contributed by atoms with van der Waals surface area (Å²) in [5, 5.41) is 0.733. The zero-order valence-electron chi connectivity index (χ0n) is 12.4. The molecule has 0 bridgehead atoms. The molecule has 0 saturated carbocycles. The van der Waals surface area contributed by atoms with Gasteiger partial charge in [0.2, 0.25) is 11.8 Å². The summed E-state index contributed by atoms with van der Waals surface area (Å²) in [5.74, 6) is -0.316. The molecule has 0 aromatic heterocycles. The topological polar surface area (TPSA) is 41.8 Å². The number of imide groups is 1. The van der Waals surface area contributed by atoms with E-state index in [4.69, 9.17) is 11.6 Å². The lowest BCUT2D eigenvalue weighted by Crippen LogP contribution is -3.12. The highest BCUT2D eigenvalue weighted by Gasteiger charge is 2.47. The van der Waals surface area contributed by atoms with Gasteiger partial charge in [-0.15, -0.1) is 0 Å². The van der Waals surface area contributed by atoms with Crippen molar-refractivity contribution in [2.75, 3.05) is 26.2 Å². The molecule has 2 fully saturated rings. The van der Waals surface area contributed by atoms with E-state index >= 15 is 0 Å². The number of allylic oxidation sites excluding steroid dienone is 2. The van der Waals surface area contributed by atoms with Gasteiger partial charge in [-0.05, 0) is 32.1 Å². The molecule has 1 N–H and O–H groups in total. The van der Waals surface area contributed by atoms with Crippen molar-refractivity contribution in [2.24, 2.45) is 11.8 Å². The second-order valence-electron chi connectivity index (χ2n) is 6.55. The van der Waals surface area contributed by atoms with E-state index in [1.807, 2.05) is 6.08 Å². The van der Waals surface area contributed by atoms with Crippen LogP contribution in [-0.2, 0) is 9.59 Å². The summed E-state index contributed by atoms with van der Waals surface area (Å²) in [7, 11) is 0. The van der Waals surface area contributed by atoms with Crippen LogP contribution in [0.15, 0.2) is 11.1 Å². The number of rotatable bonds is 4. The molecule has 4 nitrogen and oxygen atoms in total. The van der Waals surface area contributed by atoms with Crippen LogP contribution in [0.3, 0.4) is 0 Å². The smallest absolute Gasteiger partial charge is 0.233 e. The normalized spacial score (nSPS) is 30.5. The fourth-order valence-corrected chi connectivity index (χ4v) is 4.16. The van der Waals surface area contributed by atoms with Gasteiger partial charge in [-0.25, -0.2) is 0 Å². The molecule has 116 valence electrons. The van der Waals surface area contributed by atoms with Crippen molar-refractivity contribution < 1.29 is 14.5 Å². The van der Waals surface area contributed by atoms with Crippen molar-refractivity contribution in [2.45, 2.75) is 38.5 Å². The summed E-state index contributed by atoms with van der Waals surface area (Å²) in [6.45, 7) is 4.15. The molecule has 2 aliphatic heterocycles. The molecule has 2 saturated heterocycles. The summed E-state index contributed by atoms with van der Waals surface area (Å²) in [4.78, 5) is 27.9. The van der Waals surface area contributed by atoms with E-state index in [-0.39, 0.29) is 23.7 Å². The first-order chi connectivity index (χ1) is 10.2. The minimum atomic E-state index is -0.197. The molecule has 21 heavy (non-hydrogen) atoms.